The number of carbonyl (C=O) groups is 1. The van der Waals surface area contributed by atoms with E-state index in [-0.39, 0.29) is 12.5 Å². The van der Waals surface area contributed by atoms with E-state index >= 15 is 0 Å². The van der Waals surface area contributed by atoms with Crippen LogP contribution in [-0.4, -0.2) is 37.1 Å². The number of nitrogens with one attached hydrogen (secondary N) is 1. The van der Waals surface area contributed by atoms with Crippen molar-refractivity contribution in [2.75, 3.05) is 26.3 Å². The molecule has 1 aromatic carbocycles. The topological polar surface area (TPSA) is 41.6 Å². The molecule has 0 atom stereocenters. The largest absolute Gasteiger partial charge is 0.372 e. The summed E-state index contributed by atoms with van der Waals surface area (Å²) in [5.41, 5.74) is 2.53. The van der Waals surface area contributed by atoms with Gasteiger partial charge in [-0.1, -0.05) is 37.1 Å². The molecule has 0 spiro atoms. The fraction of sp³-hybridized carbons (Fsp3) is 0.611. The van der Waals surface area contributed by atoms with Crippen molar-refractivity contribution >= 4 is 5.91 Å². The quantitative estimate of drug-likeness (QED) is 0.842. The molecule has 1 N–H and O–H groups in total. The van der Waals surface area contributed by atoms with Crippen LogP contribution in [-0.2, 0) is 22.6 Å². The monoisotopic (exact) mass is 304 g/mol. The Morgan fingerprint density at radius 3 is 2.50 bits per heavy atom. The van der Waals surface area contributed by atoms with Gasteiger partial charge in [0.1, 0.15) is 6.61 Å². The van der Waals surface area contributed by atoms with Crippen LogP contribution in [0.2, 0.25) is 0 Å². The second kappa shape index (κ2) is 9.59. The first-order valence-corrected chi connectivity index (χ1v) is 8.43. The van der Waals surface area contributed by atoms with Crippen LogP contribution in [0, 0.1) is 0 Å². The van der Waals surface area contributed by atoms with E-state index in [9.17, 15) is 4.79 Å². The van der Waals surface area contributed by atoms with E-state index in [1.165, 1.54) is 49.9 Å². The highest BCUT2D eigenvalue weighted by atomic mass is 16.5. The lowest BCUT2D eigenvalue weighted by Gasteiger charge is -2.21. The lowest BCUT2D eigenvalue weighted by Crippen LogP contribution is -2.29. The number of hydrogen-bond donors (Lipinski definition) is 1. The fourth-order valence-corrected chi connectivity index (χ4v) is 2.86. The van der Waals surface area contributed by atoms with Gasteiger partial charge in [-0.3, -0.25) is 9.69 Å². The average Bonchev–Trinajstić information content (AvgIpc) is 2.81. The first kappa shape index (κ1) is 17.0. The van der Waals surface area contributed by atoms with Crippen LogP contribution >= 0.6 is 0 Å². The smallest absolute Gasteiger partial charge is 0.246 e. The lowest BCUT2D eigenvalue weighted by molar-refractivity contribution is -0.125. The SMILES string of the molecule is CCOCC(=O)NCc1ccccc1CN1CCCCCC1. The minimum absolute atomic E-state index is 0.0496. The Labute approximate surface area is 133 Å². The first-order chi connectivity index (χ1) is 10.8. The minimum Gasteiger partial charge on any atom is -0.372 e. The molecule has 1 heterocycles. The van der Waals surface area contributed by atoms with Gasteiger partial charge in [-0.25, -0.2) is 0 Å². The highest BCUT2D eigenvalue weighted by molar-refractivity contribution is 5.77. The summed E-state index contributed by atoms with van der Waals surface area (Å²) in [6, 6.07) is 8.40. The Hall–Kier alpha value is -1.39. The Kier molecular flexibility index (Phi) is 7.40. The lowest BCUT2D eigenvalue weighted by atomic mass is 10.1. The molecule has 0 saturated carbocycles. The molecule has 22 heavy (non-hydrogen) atoms. The van der Waals surface area contributed by atoms with E-state index in [2.05, 4.69) is 28.4 Å². The standard InChI is InChI=1S/C18H28N2O2/c1-2-22-15-18(21)19-13-16-9-5-6-10-17(16)14-20-11-7-3-4-8-12-20/h5-6,9-10H,2-4,7-8,11-15H2,1H3,(H,19,21). The molecule has 1 aliphatic rings. The Morgan fingerprint density at radius 1 is 1.14 bits per heavy atom. The summed E-state index contributed by atoms with van der Waals surface area (Å²) in [6.45, 7) is 6.54. The Bertz CT molecular complexity index is 454. The molecule has 1 amide bonds. The predicted octanol–water partition coefficient (Wildman–Crippen LogP) is 2.72. The van der Waals surface area contributed by atoms with Crippen LogP contribution in [0.15, 0.2) is 24.3 Å². The van der Waals surface area contributed by atoms with Crippen molar-refractivity contribution in [3.63, 3.8) is 0 Å². The predicted molar refractivity (Wildman–Crippen MR) is 88.5 cm³/mol. The number of nitrogens with zero attached hydrogens (tertiary/aromatic N) is 1. The highest BCUT2D eigenvalue weighted by Crippen LogP contribution is 2.16. The molecule has 1 aliphatic heterocycles. The third-order valence-corrected chi connectivity index (χ3v) is 4.12. The molecular weight excluding hydrogens is 276 g/mol. The van der Waals surface area contributed by atoms with E-state index in [4.69, 9.17) is 4.74 Å². The molecule has 1 saturated heterocycles. The van der Waals surface area contributed by atoms with Crippen molar-refractivity contribution in [2.45, 2.75) is 45.7 Å². The summed E-state index contributed by atoms with van der Waals surface area (Å²) in [6.07, 6.45) is 5.30. The summed E-state index contributed by atoms with van der Waals surface area (Å²) >= 11 is 0. The van der Waals surface area contributed by atoms with Crippen molar-refractivity contribution in [3.05, 3.63) is 35.4 Å². The molecule has 0 aliphatic carbocycles. The van der Waals surface area contributed by atoms with E-state index in [1.807, 2.05) is 13.0 Å². The van der Waals surface area contributed by atoms with Gasteiger partial charge in [0.25, 0.3) is 0 Å². The zero-order valence-corrected chi connectivity index (χ0v) is 13.6. The normalized spacial score (nSPS) is 16.2. The Morgan fingerprint density at radius 2 is 1.82 bits per heavy atom. The van der Waals surface area contributed by atoms with Gasteiger partial charge >= 0.3 is 0 Å². The van der Waals surface area contributed by atoms with Crippen molar-refractivity contribution in [2.24, 2.45) is 0 Å². The van der Waals surface area contributed by atoms with Crippen LogP contribution in [0.5, 0.6) is 0 Å². The molecule has 0 bridgehead atoms. The molecule has 0 unspecified atom stereocenters. The van der Waals surface area contributed by atoms with Gasteiger partial charge < -0.3 is 10.1 Å². The third kappa shape index (κ3) is 5.78. The van der Waals surface area contributed by atoms with Gasteiger partial charge in [0.05, 0.1) is 0 Å². The molecule has 0 aromatic heterocycles. The maximum absolute atomic E-state index is 11.7. The van der Waals surface area contributed by atoms with E-state index in [1.54, 1.807) is 0 Å². The van der Waals surface area contributed by atoms with Crippen LogP contribution in [0.1, 0.15) is 43.7 Å². The zero-order valence-electron chi connectivity index (χ0n) is 13.6. The van der Waals surface area contributed by atoms with Gasteiger partial charge in [-0.2, -0.15) is 0 Å². The van der Waals surface area contributed by atoms with Crippen LogP contribution in [0.3, 0.4) is 0 Å². The van der Waals surface area contributed by atoms with Crippen molar-refractivity contribution in [1.82, 2.24) is 10.2 Å². The third-order valence-electron chi connectivity index (χ3n) is 4.12. The maximum Gasteiger partial charge on any atom is 0.246 e. The van der Waals surface area contributed by atoms with Crippen LogP contribution < -0.4 is 5.32 Å². The van der Waals surface area contributed by atoms with Gasteiger partial charge in [0.15, 0.2) is 0 Å². The second-order valence-corrected chi connectivity index (χ2v) is 5.87. The second-order valence-electron chi connectivity index (χ2n) is 5.87. The van der Waals surface area contributed by atoms with Gasteiger partial charge in [0.2, 0.25) is 5.91 Å². The summed E-state index contributed by atoms with van der Waals surface area (Å²) in [5, 5.41) is 2.94. The van der Waals surface area contributed by atoms with E-state index in [0.717, 1.165) is 6.54 Å². The molecule has 1 fully saturated rings. The summed E-state index contributed by atoms with van der Waals surface area (Å²) < 4.78 is 5.13. The molecule has 0 radical (unpaired) electrons. The van der Waals surface area contributed by atoms with E-state index in [0.29, 0.717) is 13.2 Å². The molecule has 4 heteroatoms. The number of ether oxygens (including phenoxy) is 1. The van der Waals surface area contributed by atoms with E-state index < -0.39 is 0 Å². The highest BCUT2D eigenvalue weighted by Gasteiger charge is 2.12. The summed E-state index contributed by atoms with van der Waals surface area (Å²) in [7, 11) is 0. The van der Waals surface area contributed by atoms with Crippen molar-refractivity contribution in [1.29, 1.82) is 0 Å². The number of amides is 1. The fourth-order valence-electron chi connectivity index (χ4n) is 2.86. The number of likely N-dealkylation sites (tertiary alicyclic amines) is 1. The average molecular weight is 304 g/mol. The zero-order chi connectivity index (χ0) is 15.6. The minimum atomic E-state index is -0.0496. The van der Waals surface area contributed by atoms with Crippen molar-refractivity contribution in [3.8, 4) is 0 Å². The molecular formula is C18H28N2O2. The summed E-state index contributed by atoms with van der Waals surface area (Å²) in [4.78, 5) is 14.2. The number of benzene rings is 1. The van der Waals surface area contributed by atoms with Crippen molar-refractivity contribution < 1.29 is 9.53 Å². The summed E-state index contributed by atoms with van der Waals surface area (Å²) in [5.74, 6) is -0.0496. The Balaban J connectivity index is 1.89. The van der Waals surface area contributed by atoms with Gasteiger partial charge in [-0.05, 0) is 44.0 Å². The first-order valence-electron chi connectivity index (χ1n) is 8.43. The molecule has 2 rings (SSSR count). The van der Waals surface area contributed by atoms with Crippen LogP contribution in [0.4, 0.5) is 0 Å². The molecule has 4 nitrogen and oxygen atoms in total. The molecule has 1 aromatic rings. The van der Waals surface area contributed by atoms with Gasteiger partial charge in [0, 0.05) is 19.7 Å². The number of carbonyl (C=O) groups excluding carboxylic acids is 1. The molecule has 122 valence electrons. The van der Waals surface area contributed by atoms with Gasteiger partial charge in [-0.15, -0.1) is 0 Å². The number of rotatable bonds is 7. The number of hydrogen-bond acceptors (Lipinski definition) is 3. The van der Waals surface area contributed by atoms with Crippen LogP contribution in [0.25, 0.3) is 0 Å². The maximum atomic E-state index is 11.7.